The van der Waals surface area contributed by atoms with Crippen LogP contribution >= 0.6 is 12.4 Å². The van der Waals surface area contributed by atoms with Gasteiger partial charge in [-0.2, -0.15) is 0 Å². The van der Waals surface area contributed by atoms with Crippen LogP contribution in [0.2, 0.25) is 0 Å². The molecule has 7 heteroatoms. The second kappa shape index (κ2) is 11.1. The van der Waals surface area contributed by atoms with E-state index in [1.54, 1.807) is 20.3 Å². The van der Waals surface area contributed by atoms with Crippen LogP contribution in [0.25, 0.3) is 0 Å². The zero-order chi connectivity index (χ0) is 17.4. The molecule has 1 aromatic rings. The highest BCUT2D eigenvalue weighted by atomic mass is 35.5. The molecule has 2 rings (SSSR count). The minimum Gasteiger partial charge on any atom is -0.496 e. The molecule has 1 fully saturated rings. The van der Waals surface area contributed by atoms with Gasteiger partial charge in [0.1, 0.15) is 17.2 Å². The number of rotatable bonds is 8. The molecule has 0 bridgehead atoms. The lowest BCUT2D eigenvalue weighted by atomic mass is 9.97. The van der Waals surface area contributed by atoms with Crippen molar-refractivity contribution in [2.24, 2.45) is 5.92 Å². The quantitative estimate of drug-likeness (QED) is 0.710. The van der Waals surface area contributed by atoms with Crippen molar-refractivity contribution in [2.45, 2.75) is 19.3 Å². The predicted molar refractivity (Wildman–Crippen MR) is 100 cm³/mol. The number of nitrogens with one attached hydrogen (secondary N) is 1. The van der Waals surface area contributed by atoms with Crippen LogP contribution < -0.4 is 19.5 Å². The number of amides is 1. The molecular formula is C18H29ClN2O4. The summed E-state index contributed by atoms with van der Waals surface area (Å²) in [6.07, 6.45) is 2.65. The Hall–Kier alpha value is -1.66. The van der Waals surface area contributed by atoms with E-state index in [4.69, 9.17) is 14.2 Å². The average Bonchev–Trinajstić information content (AvgIpc) is 2.64. The molecule has 1 saturated heterocycles. The number of carbonyl (C=O) groups excluding carboxylic acids is 1. The van der Waals surface area contributed by atoms with Gasteiger partial charge in [0.05, 0.1) is 20.8 Å². The molecule has 1 aliphatic heterocycles. The SMILES string of the molecule is COc1cc(OC)cc(OCCCN(C)C(=O)C2CCNCC2)c1.Cl. The Balaban J connectivity index is 0.00000312. The number of hydrogen-bond donors (Lipinski definition) is 1. The smallest absolute Gasteiger partial charge is 0.225 e. The summed E-state index contributed by atoms with van der Waals surface area (Å²) in [6.45, 7) is 3.11. The molecule has 1 amide bonds. The number of ether oxygens (including phenoxy) is 3. The van der Waals surface area contributed by atoms with E-state index in [9.17, 15) is 4.79 Å². The number of nitrogens with zero attached hydrogens (tertiary/aromatic N) is 1. The van der Waals surface area contributed by atoms with E-state index in [2.05, 4.69) is 5.32 Å². The second-order valence-electron chi connectivity index (χ2n) is 6.03. The fourth-order valence-electron chi connectivity index (χ4n) is 2.85. The van der Waals surface area contributed by atoms with E-state index in [0.29, 0.717) is 30.4 Å². The summed E-state index contributed by atoms with van der Waals surface area (Å²) >= 11 is 0. The molecular weight excluding hydrogens is 344 g/mol. The molecule has 1 aliphatic rings. The van der Waals surface area contributed by atoms with Crippen molar-refractivity contribution < 1.29 is 19.0 Å². The minimum absolute atomic E-state index is 0. The van der Waals surface area contributed by atoms with Gasteiger partial charge in [-0.1, -0.05) is 0 Å². The van der Waals surface area contributed by atoms with Gasteiger partial charge in [0.15, 0.2) is 0 Å². The Morgan fingerprint density at radius 3 is 2.24 bits per heavy atom. The number of piperidine rings is 1. The van der Waals surface area contributed by atoms with Crippen molar-refractivity contribution in [1.29, 1.82) is 0 Å². The molecule has 0 aromatic heterocycles. The normalized spacial score (nSPS) is 14.4. The Morgan fingerprint density at radius 1 is 1.12 bits per heavy atom. The van der Waals surface area contributed by atoms with Crippen molar-refractivity contribution in [3.63, 3.8) is 0 Å². The second-order valence-corrected chi connectivity index (χ2v) is 6.03. The van der Waals surface area contributed by atoms with Gasteiger partial charge >= 0.3 is 0 Å². The molecule has 6 nitrogen and oxygen atoms in total. The lowest BCUT2D eigenvalue weighted by molar-refractivity contribution is -0.135. The summed E-state index contributed by atoms with van der Waals surface area (Å²) in [5.41, 5.74) is 0. The van der Waals surface area contributed by atoms with E-state index in [1.807, 2.05) is 24.1 Å². The number of halogens is 1. The Morgan fingerprint density at radius 2 is 1.68 bits per heavy atom. The topological polar surface area (TPSA) is 60.0 Å². The summed E-state index contributed by atoms with van der Waals surface area (Å²) in [6, 6.07) is 5.46. The van der Waals surface area contributed by atoms with Gasteiger partial charge in [-0.05, 0) is 32.4 Å². The van der Waals surface area contributed by atoms with Crippen LogP contribution in [-0.2, 0) is 4.79 Å². The summed E-state index contributed by atoms with van der Waals surface area (Å²) in [7, 11) is 5.10. The molecule has 0 atom stereocenters. The third-order valence-electron chi connectivity index (χ3n) is 4.30. The Kier molecular flexibility index (Phi) is 9.45. The van der Waals surface area contributed by atoms with Gasteiger partial charge in [-0.25, -0.2) is 0 Å². The number of methoxy groups -OCH3 is 2. The van der Waals surface area contributed by atoms with Crippen LogP contribution in [0.1, 0.15) is 19.3 Å². The Bertz CT molecular complexity index is 514. The maximum Gasteiger partial charge on any atom is 0.225 e. The van der Waals surface area contributed by atoms with Crippen LogP contribution in [-0.4, -0.2) is 58.3 Å². The molecule has 0 radical (unpaired) electrons. The number of hydrogen-bond acceptors (Lipinski definition) is 5. The molecule has 25 heavy (non-hydrogen) atoms. The van der Waals surface area contributed by atoms with Gasteiger partial charge in [-0.15, -0.1) is 12.4 Å². The molecule has 0 unspecified atom stereocenters. The van der Waals surface area contributed by atoms with Crippen molar-refractivity contribution in [3.8, 4) is 17.2 Å². The highest BCUT2D eigenvalue weighted by Crippen LogP contribution is 2.27. The number of benzene rings is 1. The van der Waals surface area contributed by atoms with Crippen LogP contribution in [0.3, 0.4) is 0 Å². The van der Waals surface area contributed by atoms with Gasteiger partial charge in [0.2, 0.25) is 5.91 Å². The van der Waals surface area contributed by atoms with Crippen molar-refractivity contribution in [2.75, 3.05) is 47.5 Å². The van der Waals surface area contributed by atoms with Crippen molar-refractivity contribution in [1.82, 2.24) is 10.2 Å². The van der Waals surface area contributed by atoms with Gasteiger partial charge in [0, 0.05) is 37.7 Å². The lowest BCUT2D eigenvalue weighted by Gasteiger charge is -2.27. The summed E-state index contributed by atoms with van der Waals surface area (Å²) in [5.74, 6) is 2.52. The van der Waals surface area contributed by atoms with Gasteiger partial charge in [-0.3, -0.25) is 4.79 Å². The molecule has 0 spiro atoms. The predicted octanol–water partition coefficient (Wildman–Crippen LogP) is 2.35. The van der Waals surface area contributed by atoms with Crippen molar-refractivity contribution >= 4 is 18.3 Å². The van der Waals surface area contributed by atoms with Crippen LogP contribution in [0, 0.1) is 5.92 Å². The first-order chi connectivity index (χ1) is 11.6. The molecule has 142 valence electrons. The van der Waals surface area contributed by atoms with Crippen LogP contribution in [0.15, 0.2) is 18.2 Å². The zero-order valence-electron chi connectivity index (χ0n) is 15.2. The molecule has 0 aliphatic carbocycles. The minimum atomic E-state index is 0. The zero-order valence-corrected chi connectivity index (χ0v) is 16.1. The monoisotopic (exact) mass is 372 g/mol. The maximum absolute atomic E-state index is 12.4. The highest BCUT2D eigenvalue weighted by molar-refractivity contribution is 5.85. The fraction of sp³-hybridized carbons (Fsp3) is 0.611. The Labute approximate surface area is 156 Å². The summed E-state index contributed by atoms with van der Waals surface area (Å²) in [5, 5.41) is 3.29. The van der Waals surface area contributed by atoms with Gasteiger partial charge in [0.25, 0.3) is 0 Å². The van der Waals surface area contributed by atoms with Crippen LogP contribution in [0.5, 0.6) is 17.2 Å². The van der Waals surface area contributed by atoms with E-state index in [0.717, 1.165) is 32.4 Å². The third kappa shape index (κ3) is 6.63. The van der Waals surface area contributed by atoms with E-state index in [-0.39, 0.29) is 24.2 Å². The third-order valence-corrected chi connectivity index (χ3v) is 4.30. The first-order valence-electron chi connectivity index (χ1n) is 8.45. The lowest BCUT2D eigenvalue weighted by Crippen LogP contribution is -2.39. The van der Waals surface area contributed by atoms with E-state index >= 15 is 0 Å². The first-order valence-corrected chi connectivity index (χ1v) is 8.45. The molecule has 0 saturated carbocycles. The van der Waals surface area contributed by atoms with Gasteiger partial charge < -0.3 is 24.4 Å². The largest absolute Gasteiger partial charge is 0.496 e. The van der Waals surface area contributed by atoms with E-state index < -0.39 is 0 Å². The van der Waals surface area contributed by atoms with Crippen molar-refractivity contribution in [3.05, 3.63) is 18.2 Å². The fourth-order valence-corrected chi connectivity index (χ4v) is 2.85. The standard InChI is InChI=1S/C18H28N2O4.ClH/c1-20(18(21)14-5-7-19-8-6-14)9-4-10-24-17-12-15(22-2)11-16(13-17)23-3;/h11-14,19H,4-10H2,1-3H3;1H. The maximum atomic E-state index is 12.4. The molecule has 1 N–H and O–H groups in total. The van der Waals surface area contributed by atoms with Crippen LogP contribution in [0.4, 0.5) is 0 Å². The summed E-state index contributed by atoms with van der Waals surface area (Å²) in [4.78, 5) is 14.2. The molecule has 1 heterocycles. The number of carbonyl (C=O) groups is 1. The van der Waals surface area contributed by atoms with E-state index in [1.165, 1.54) is 0 Å². The first kappa shape index (κ1) is 21.4. The average molecular weight is 373 g/mol. The molecule has 1 aromatic carbocycles. The summed E-state index contributed by atoms with van der Waals surface area (Å²) < 4.78 is 16.2. The highest BCUT2D eigenvalue weighted by Gasteiger charge is 2.23.